The zero-order chi connectivity index (χ0) is 20.9. The molecule has 0 bridgehead atoms. The number of para-hydroxylation sites is 1. The van der Waals surface area contributed by atoms with Crippen LogP contribution < -0.4 is 10.6 Å². The summed E-state index contributed by atoms with van der Waals surface area (Å²) < 4.78 is 1.68. The lowest BCUT2D eigenvalue weighted by molar-refractivity contribution is -0.114. The molecule has 0 saturated carbocycles. The Morgan fingerprint density at radius 3 is 2.20 bits per heavy atom. The molecule has 0 radical (unpaired) electrons. The molecule has 0 saturated heterocycles. The number of benzene rings is 2. The van der Waals surface area contributed by atoms with E-state index in [-0.39, 0.29) is 11.8 Å². The molecule has 2 aromatic heterocycles. The number of nitrogens with one attached hydrogen (secondary N) is 2. The fourth-order valence-electron chi connectivity index (χ4n) is 3.01. The van der Waals surface area contributed by atoms with Crippen LogP contribution in [0.1, 0.15) is 17.3 Å². The molecule has 0 unspecified atom stereocenters. The molecule has 148 valence electrons. The quantitative estimate of drug-likeness (QED) is 0.530. The Kier molecular flexibility index (Phi) is 5.34. The maximum atomic E-state index is 13.1. The van der Waals surface area contributed by atoms with E-state index in [0.717, 1.165) is 11.3 Å². The van der Waals surface area contributed by atoms with Gasteiger partial charge in [0.1, 0.15) is 5.69 Å². The molecular weight excluding hydrogens is 378 g/mol. The Morgan fingerprint density at radius 1 is 0.867 bits per heavy atom. The molecule has 2 heterocycles. The van der Waals surface area contributed by atoms with Gasteiger partial charge in [0.05, 0.1) is 11.3 Å². The minimum atomic E-state index is -0.289. The molecule has 2 amide bonds. The van der Waals surface area contributed by atoms with Gasteiger partial charge < -0.3 is 10.6 Å². The molecule has 30 heavy (non-hydrogen) atoms. The highest BCUT2D eigenvalue weighted by atomic mass is 16.2. The lowest BCUT2D eigenvalue weighted by Crippen LogP contribution is -2.12. The lowest BCUT2D eigenvalue weighted by Gasteiger charge is -2.07. The normalized spacial score (nSPS) is 10.4. The molecule has 2 N–H and O–H groups in total. The van der Waals surface area contributed by atoms with Crippen LogP contribution in [0.5, 0.6) is 0 Å². The summed E-state index contributed by atoms with van der Waals surface area (Å²) in [7, 11) is 0. The Labute approximate surface area is 173 Å². The molecule has 4 aromatic rings. The molecule has 4 rings (SSSR count). The first-order valence-electron chi connectivity index (χ1n) is 9.34. The van der Waals surface area contributed by atoms with E-state index in [1.54, 1.807) is 53.6 Å². The third-order valence-electron chi connectivity index (χ3n) is 4.38. The van der Waals surface area contributed by atoms with Gasteiger partial charge in [0.15, 0.2) is 0 Å². The second-order valence-corrected chi connectivity index (χ2v) is 6.63. The first-order chi connectivity index (χ1) is 14.6. The number of rotatable bonds is 5. The number of anilines is 2. The van der Waals surface area contributed by atoms with Crippen molar-refractivity contribution < 1.29 is 9.59 Å². The highest BCUT2D eigenvalue weighted by Gasteiger charge is 2.19. The van der Waals surface area contributed by atoms with Crippen molar-refractivity contribution in [3.8, 4) is 16.9 Å². The van der Waals surface area contributed by atoms with E-state index >= 15 is 0 Å². The highest BCUT2D eigenvalue weighted by Crippen LogP contribution is 2.24. The Bertz CT molecular complexity index is 1170. The van der Waals surface area contributed by atoms with Crippen LogP contribution in [0.3, 0.4) is 0 Å². The number of hydrogen-bond donors (Lipinski definition) is 2. The largest absolute Gasteiger partial charge is 0.326 e. The Hall–Kier alpha value is -4.26. The van der Waals surface area contributed by atoms with Gasteiger partial charge in [-0.2, -0.15) is 5.10 Å². The molecule has 0 spiro atoms. The van der Waals surface area contributed by atoms with Gasteiger partial charge in [-0.1, -0.05) is 18.2 Å². The fraction of sp³-hybridized carbons (Fsp3) is 0.0435. The van der Waals surface area contributed by atoms with Crippen molar-refractivity contribution in [3.63, 3.8) is 0 Å². The summed E-state index contributed by atoms with van der Waals surface area (Å²) in [4.78, 5) is 28.4. The smallest absolute Gasteiger partial charge is 0.259 e. The second-order valence-electron chi connectivity index (χ2n) is 6.63. The molecule has 0 aliphatic carbocycles. The summed E-state index contributed by atoms with van der Waals surface area (Å²) in [6.07, 6.45) is 5.06. The first kappa shape index (κ1) is 19.1. The predicted octanol–water partition coefficient (Wildman–Crippen LogP) is 4.15. The molecule has 0 aliphatic rings. The van der Waals surface area contributed by atoms with Crippen molar-refractivity contribution in [1.29, 1.82) is 0 Å². The minimum Gasteiger partial charge on any atom is -0.326 e. The van der Waals surface area contributed by atoms with Crippen molar-refractivity contribution in [2.24, 2.45) is 0 Å². The van der Waals surface area contributed by atoms with Gasteiger partial charge in [0.25, 0.3) is 5.91 Å². The minimum absolute atomic E-state index is 0.152. The summed E-state index contributed by atoms with van der Waals surface area (Å²) in [6.45, 7) is 1.44. The van der Waals surface area contributed by atoms with Crippen molar-refractivity contribution in [2.45, 2.75) is 6.92 Å². The van der Waals surface area contributed by atoms with E-state index in [9.17, 15) is 9.59 Å². The third-order valence-corrected chi connectivity index (χ3v) is 4.38. The summed E-state index contributed by atoms with van der Waals surface area (Å²) in [5.74, 6) is -0.440. The average molecular weight is 397 g/mol. The first-order valence-corrected chi connectivity index (χ1v) is 9.34. The Morgan fingerprint density at radius 2 is 1.57 bits per heavy atom. The van der Waals surface area contributed by atoms with Crippen LogP contribution in [0.15, 0.2) is 85.3 Å². The zero-order valence-corrected chi connectivity index (χ0v) is 16.2. The maximum Gasteiger partial charge on any atom is 0.259 e. The number of amides is 2. The molecule has 7 heteroatoms. The molecule has 7 nitrogen and oxygen atoms in total. The number of carbonyl (C=O) groups is 2. The monoisotopic (exact) mass is 397 g/mol. The van der Waals surface area contributed by atoms with Gasteiger partial charge in [0, 0.05) is 42.5 Å². The molecule has 2 aromatic carbocycles. The summed E-state index contributed by atoms with van der Waals surface area (Å²) in [5, 5.41) is 10.2. The Balaban J connectivity index is 1.65. The SMILES string of the molecule is CC(=O)Nc1ccc(NC(=O)c2cn(-c3ccccc3)nc2-c2cccnc2)cc1. The van der Waals surface area contributed by atoms with Gasteiger partial charge in [-0.3, -0.25) is 14.6 Å². The van der Waals surface area contributed by atoms with Gasteiger partial charge >= 0.3 is 0 Å². The lowest BCUT2D eigenvalue weighted by atomic mass is 10.1. The number of carbonyl (C=O) groups excluding carboxylic acids is 2. The van der Waals surface area contributed by atoms with Crippen LogP contribution in [0.2, 0.25) is 0 Å². The van der Waals surface area contributed by atoms with E-state index in [1.807, 2.05) is 36.4 Å². The molecule has 0 fully saturated rings. The number of pyridine rings is 1. The van der Waals surface area contributed by atoms with Crippen LogP contribution in [-0.4, -0.2) is 26.6 Å². The van der Waals surface area contributed by atoms with Crippen molar-refractivity contribution in [2.75, 3.05) is 10.6 Å². The van der Waals surface area contributed by atoms with Gasteiger partial charge in [-0.25, -0.2) is 4.68 Å². The van der Waals surface area contributed by atoms with Crippen molar-refractivity contribution in [3.05, 3.63) is 90.9 Å². The van der Waals surface area contributed by atoms with E-state index in [2.05, 4.69) is 20.7 Å². The fourth-order valence-corrected chi connectivity index (χ4v) is 3.01. The molecular formula is C23H19N5O2. The van der Waals surface area contributed by atoms with Gasteiger partial charge in [-0.05, 0) is 48.5 Å². The zero-order valence-electron chi connectivity index (χ0n) is 16.2. The number of nitrogens with zero attached hydrogens (tertiary/aromatic N) is 3. The summed E-state index contributed by atoms with van der Waals surface area (Å²) in [5.41, 5.74) is 3.84. The predicted molar refractivity (Wildman–Crippen MR) is 115 cm³/mol. The summed E-state index contributed by atoms with van der Waals surface area (Å²) in [6, 6.07) is 20.2. The van der Waals surface area contributed by atoms with Crippen LogP contribution in [-0.2, 0) is 4.79 Å². The van der Waals surface area contributed by atoms with Gasteiger partial charge in [-0.15, -0.1) is 0 Å². The topological polar surface area (TPSA) is 88.9 Å². The molecule has 0 aliphatic heterocycles. The van der Waals surface area contributed by atoms with Crippen molar-refractivity contribution >= 4 is 23.2 Å². The third kappa shape index (κ3) is 4.25. The maximum absolute atomic E-state index is 13.1. The van der Waals surface area contributed by atoms with Gasteiger partial charge in [0.2, 0.25) is 5.91 Å². The highest BCUT2D eigenvalue weighted by molar-refractivity contribution is 6.08. The van der Waals surface area contributed by atoms with Crippen molar-refractivity contribution in [1.82, 2.24) is 14.8 Å². The standard InChI is InChI=1S/C23H19N5O2/c1-16(29)25-18-9-11-19(12-10-18)26-23(30)21-15-28(20-7-3-2-4-8-20)27-22(21)17-6-5-13-24-14-17/h2-15H,1H3,(H,25,29)(H,26,30). The second kappa shape index (κ2) is 8.40. The van der Waals surface area contributed by atoms with E-state index < -0.39 is 0 Å². The van der Waals surface area contributed by atoms with Crippen LogP contribution >= 0.6 is 0 Å². The van der Waals surface area contributed by atoms with Crippen LogP contribution in [0, 0.1) is 0 Å². The van der Waals surface area contributed by atoms with E-state index in [4.69, 9.17) is 0 Å². The average Bonchev–Trinajstić information content (AvgIpc) is 3.22. The molecule has 0 atom stereocenters. The van der Waals surface area contributed by atoms with Crippen LogP contribution in [0.25, 0.3) is 16.9 Å². The van der Waals surface area contributed by atoms with Crippen LogP contribution in [0.4, 0.5) is 11.4 Å². The van der Waals surface area contributed by atoms with E-state index in [1.165, 1.54) is 6.92 Å². The summed E-state index contributed by atoms with van der Waals surface area (Å²) >= 11 is 0. The van der Waals surface area contributed by atoms with E-state index in [0.29, 0.717) is 22.6 Å². The number of hydrogen-bond acceptors (Lipinski definition) is 4. The number of aromatic nitrogens is 3.